The standard InChI is InChI=1S/C19H22N2O3S/c1-14(2)12-18(15-6-4-3-5-7-15)20-19(22)13-25-17-10-8-16(9-11-17)21(23)24/h3-11,14,18H,12-13H2,1-2H3,(H,20,22). The summed E-state index contributed by atoms with van der Waals surface area (Å²) in [6, 6.07) is 16.2. The van der Waals surface area contributed by atoms with E-state index in [1.54, 1.807) is 12.1 Å². The smallest absolute Gasteiger partial charge is 0.269 e. The third-order valence-corrected chi connectivity index (χ3v) is 4.67. The monoisotopic (exact) mass is 358 g/mol. The first-order chi connectivity index (χ1) is 12.0. The van der Waals surface area contributed by atoms with Crippen LogP contribution in [0.4, 0.5) is 5.69 Å². The van der Waals surface area contributed by atoms with Crippen LogP contribution < -0.4 is 5.32 Å². The molecule has 1 atom stereocenters. The molecule has 25 heavy (non-hydrogen) atoms. The lowest BCUT2D eigenvalue weighted by molar-refractivity contribution is -0.384. The van der Waals surface area contributed by atoms with Gasteiger partial charge in [0, 0.05) is 17.0 Å². The average molecular weight is 358 g/mol. The van der Waals surface area contributed by atoms with Gasteiger partial charge < -0.3 is 5.32 Å². The number of carbonyl (C=O) groups excluding carboxylic acids is 1. The quantitative estimate of drug-likeness (QED) is 0.425. The molecule has 0 bridgehead atoms. The summed E-state index contributed by atoms with van der Waals surface area (Å²) >= 11 is 1.37. The van der Waals surface area contributed by atoms with Gasteiger partial charge in [0.1, 0.15) is 0 Å². The van der Waals surface area contributed by atoms with Crippen LogP contribution in [-0.4, -0.2) is 16.6 Å². The van der Waals surface area contributed by atoms with Crippen molar-refractivity contribution in [1.82, 2.24) is 5.32 Å². The van der Waals surface area contributed by atoms with Crippen molar-refractivity contribution in [2.24, 2.45) is 5.92 Å². The van der Waals surface area contributed by atoms with Crippen molar-refractivity contribution < 1.29 is 9.72 Å². The van der Waals surface area contributed by atoms with E-state index >= 15 is 0 Å². The number of carbonyl (C=O) groups is 1. The van der Waals surface area contributed by atoms with Crippen molar-refractivity contribution in [3.8, 4) is 0 Å². The summed E-state index contributed by atoms with van der Waals surface area (Å²) in [6.07, 6.45) is 0.873. The van der Waals surface area contributed by atoms with Gasteiger partial charge in [-0.25, -0.2) is 0 Å². The van der Waals surface area contributed by atoms with Crippen molar-refractivity contribution in [3.05, 3.63) is 70.3 Å². The van der Waals surface area contributed by atoms with Crippen molar-refractivity contribution in [3.63, 3.8) is 0 Å². The molecule has 0 aliphatic heterocycles. The highest BCUT2D eigenvalue weighted by Gasteiger charge is 2.16. The number of nitro groups is 1. The molecule has 0 aliphatic rings. The molecular formula is C19H22N2O3S. The maximum atomic E-state index is 12.3. The Morgan fingerprint density at radius 2 is 1.76 bits per heavy atom. The summed E-state index contributed by atoms with van der Waals surface area (Å²) in [5.74, 6) is 0.699. The highest BCUT2D eigenvalue weighted by atomic mass is 32.2. The first-order valence-electron chi connectivity index (χ1n) is 8.17. The third kappa shape index (κ3) is 6.23. The Morgan fingerprint density at radius 1 is 1.12 bits per heavy atom. The molecule has 0 fully saturated rings. The molecule has 0 saturated heterocycles. The Hall–Kier alpha value is -2.34. The number of thioether (sulfide) groups is 1. The van der Waals surface area contributed by atoms with Gasteiger partial charge >= 0.3 is 0 Å². The van der Waals surface area contributed by atoms with Gasteiger partial charge in [-0.1, -0.05) is 44.2 Å². The van der Waals surface area contributed by atoms with Gasteiger partial charge in [-0.2, -0.15) is 0 Å². The Kier molecular flexibility index (Phi) is 7.01. The Morgan fingerprint density at radius 3 is 2.32 bits per heavy atom. The van der Waals surface area contributed by atoms with Crippen LogP contribution in [0.1, 0.15) is 31.9 Å². The van der Waals surface area contributed by atoms with Crippen LogP contribution in [0, 0.1) is 16.0 Å². The zero-order valence-corrected chi connectivity index (χ0v) is 15.2. The molecule has 6 heteroatoms. The molecule has 2 aromatic carbocycles. The summed E-state index contributed by atoms with van der Waals surface area (Å²) in [7, 11) is 0. The third-order valence-electron chi connectivity index (χ3n) is 3.66. The number of benzene rings is 2. The lowest BCUT2D eigenvalue weighted by Gasteiger charge is -2.21. The second kappa shape index (κ2) is 9.22. The largest absolute Gasteiger partial charge is 0.349 e. The van der Waals surface area contributed by atoms with Crippen LogP contribution in [-0.2, 0) is 4.79 Å². The van der Waals surface area contributed by atoms with Gasteiger partial charge in [0.15, 0.2) is 0 Å². The van der Waals surface area contributed by atoms with Gasteiger partial charge in [-0.3, -0.25) is 14.9 Å². The maximum Gasteiger partial charge on any atom is 0.269 e. The molecule has 0 spiro atoms. The van der Waals surface area contributed by atoms with Crippen molar-refractivity contribution in [2.75, 3.05) is 5.75 Å². The molecule has 132 valence electrons. The molecule has 0 aromatic heterocycles. The summed E-state index contributed by atoms with van der Waals surface area (Å²) in [5, 5.41) is 13.8. The second-order valence-electron chi connectivity index (χ2n) is 6.20. The second-order valence-corrected chi connectivity index (χ2v) is 7.25. The van der Waals surface area contributed by atoms with Crippen LogP contribution in [0.15, 0.2) is 59.5 Å². The molecule has 0 radical (unpaired) electrons. The molecule has 0 saturated carbocycles. The molecular weight excluding hydrogens is 336 g/mol. The lowest BCUT2D eigenvalue weighted by atomic mass is 9.97. The Balaban J connectivity index is 1.93. The number of rotatable bonds is 8. The van der Waals surface area contributed by atoms with Gasteiger partial charge in [-0.05, 0) is 30.0 Å². The maximum absolute atomic E-state index is 12.3. The summed E-state index contributed by atoms with van der Waals surface area (Å²) in [6.45, 7) is 4.27. The van der Waals surface area contributed by atoms with E-state index in [-0.39, 0.29) is 23.4 Å². The molecule has 1 unspecified atom stereocenters. The Bertz CT molecular complexity index is 702. The van der Waals surface area contributed by atoms with Crippen LogP contribution in [0.5, 0.6) is 0 Å². The van der Waals surface area contributed by atoms with E-state index in [0.29, 0.717) is 5.92 Å². The van der Waals surface area contributed by atoms with Crippen LogP contribution in [0.2, 0.25) is 0 Å². The predicted octanol–water partition coefficient (Wildman–Crippen LogP) is 4.59. The summed E-state index contributed by atoms with van der Waals surface area (Å²) in [5.41, 5.74) is 1.15. The fraction of sp³-hybridized carbons (Fsp3) is 0.316. The molecule has 1 amide bonds. The van der Waals surface area contributed by atoms with Gasteiger partial charge in [0.2, 0.25) is 5.91 Å². The van der Waals surface area contributed by atoms with E-state index in [9.17, 15) is 14.9 Å². The van der Waals surface area contributed by atoms with Crippen molar-refractivity contribution >= 4 is 23.4 Å². The minimum Gasteiger partial charge on any atom is -0.349 e. The zero-order chi connectivity index (χ0) is 18.2. The minimum atomic E-state index is -0.433. The molecule has 0 aliphatic carbocycles. The fourth-order valence-electron chi connectivity index (χ4n) is 2.48. The minimum absolute atomic E-state index is 0.00818. The van der Waals surface area contributed by atoms with Crippen molar-refractivity contribution in [1.29, 1.82) is 0 Å². The molecule has 0 heterocycles. The summed E-state index contributed by atoms with van der Waals surface area (Å²) < 4.78 is 0. The van der Waals surface area contributed by atoms with E-state index in [1.165, 1.54) is 23.9 Å². The average Bonchev–Trinajstić information content (AvgIpc) is 2.60. The number of nitrogens with zero attached hydrogens (tertiary/aromatic N) is 1. The number of hydrogen-bond donors (Lipinski definition) is 1. The van der Waals surface area contributed by atoms with E-state index in [0.717, 1.165) is 16.9 Å². The SMILES string of the molecule is CC(C)CC(NC(=O)CSc1ccc([N+](=O)[O-])cc1)c1ccccc1. The van der Waals surface area contributed by atoms with Crippen LogP contribution >= 0.6 is 11.8 Å². The van der Waals surface area contributed by atoms with Crippen LogP contribution in [0.3, 0.4) is 0 Å². The normalized spacial score (nSPS) is 12.0. The first kappa shape index (κ1) is 19.0. The zero-order valence-electron chi connectivity index (χ0n) is 14.3. The number of amides is 1. The lowest BCUT2D eigenvalue weighted by Crippen LogP contribution is -2.30. The van der Waals surface area contributed by atoms with E-state index in [1.807, 2.05) is 30.3 Å². The van der Waals surface area contributed by atoms with Gasteiger partial charge in [0.05, 0.1) is 16.7 Å². The van der Waals surface area contributed by atoms with Crippen LogP contribution in [0.25, 0.3) is 0 Å². The van der Waals surface area contributed by atoms with Gasteiger partial charge in [-0.15, -0.1) is 11.8 Å². The highest BCUT2D eigenvalue weighted by molar-refractivity contribution is 8.00. The molecule has 2 rings (SSSR count). The van der Waals surface area contributed by atoms with E-state index < -0.39 is 4.92 Å². The molecule has 2 aromatic rings. The fourth-order valence-corrected chi connectivity index (χ4v) is 3.19. The highest BCUT2D eigenvalue weighted by Crippen LogP contribution is 2.23. The number of non-ortho nitro benzene ring substituents is 1. The number of nitrogens with one attached hydrogen (secondary N) is 1. The first-order valence-corrected chi connectivity index (χ1v) is 9.16. The topological polar surface area (TPSA) is 72.2 Å². The Labute approximate surface area is 152 Å². The summed E-state index contributed by atoms with van der Waals surface area (Å²) in [4.78, 5) is 23.4. The number of nitro benzene ring substituents is 1. The number of hydrogen-bond acceptors (Lipinski definition) is 4. The molecule has 5 nitrogen and oxygen atoms in total. The van der Waals surface area contributed by atoms with Crippen molar-refractivity contribution in [2.45, 2.75) is 31.2 Å². The van der Waals surface area contributed by atoms with E-state index in [4.69, 9.17) is 0 Å². The molecule has 1 N–H and O–H groups in total. The predicted molar refractivity (Wildman–Crippen MR) is 101 cm³/mol. The van der Waals surface area contributed by atoms with E-state index in [2.05, 4.69) is 19.2 Å². The van der Waals surface area contributed by atoms with Gasteiger partial charge in [0.25, 0.3) is 5.69 Å².